The lowest BCUT2D eigenvalue weighted by Crippen LogP contribution is -2.40. The van der Waals surface area contributed by atoms with E-state index in [4.69, 9.17) is 4.74 Å². The molecular weight excluding hydrogens is 222 g/mol. The SMILES string of the molecule is CC(C)NCC1CCCOC1CC1CCCCC1. The molecule has 0 aromatic carbocycles. The molecule has 1 aliphatic heterocycles. The number of hydrogen-bond donors (Lipinski definition) is 1. The summed E-state index contributed by atoms with van der Waals surface area (Å²) in [6, 6.07) is 0.599. The first kappa shape index (κ1) is 14.3. The number of rotatable bonds is 5. The first-order valence-corrected chi connectivity index (χ1v) is 8.10. The van der Waals surface area contributed by atoms with Crippen LogP contribution in [0.2, 0.25) is 0 Å². The van der Waals surface area contributed by atoms with Gasteiger partial charge >= 0.3 is 0 Å². The Balaban J connectivity index is 1.78. The van der Waals surface area contributed by atoms with Gasteiger partial charge in [-0.3, -0.25) is 0 Å². The highest BCUT2D eigenvalue weighted by Gasteiger charge is 2.28. The molecule has 1 N–H and O–H groups in total. The van der Waals surface area contributed by atoms with E-state index in [1.165, 1.54) is 51.4 Å². The minimum Gasteiger partial charge on any atom is -0.378 e. The van der Waals surface area contributed by atoms with Gasteiger partial charge in [0.25, 0.3) is 0 Å². The predicted molar refractivity (Wildman–Crippen MR) is 76.8 cm³/mol. The minimum absolute atomic E-state index is 0.535. The Hall–Kier alpha value is -0.0800. The summed E-state index contributed by atoms with van der Waals surface area (Å²) in [4.78, 5) is 0. The molecule has 2 nitrogen and oxygen atoms in total. The molecule has 1 heterocycles. The van der Waals surface area contributed by atoms with Crippen molar-refractivity contribution in [2.75, 3.05) is 13.2 Å². The van der Waals surface area contributed by atoms with Crippen LogP contribution in [-0.4, -0.2) is 25.3 Å². The highest BCUT2D eigenvalue weighted by molar-refractivity contribution is 4.80. The average molecular weight is 253 g/mol. The lowest BCUT2D eigenvalue weighted by Gasteiger charge is -2.35. The topological polar surface area (TPSA) is 21.3 Å². The zero-order valence-electron chi connectivity index (χ0n) is 12.3. The molecule has 2 aliphatic rings. The third-order valence-corrected chi connectivity index (χ3v) is 4.66. The van der Waals surface area contributed by atoms with Crippen LogP contribution in [0.15, 0.2) is 0 Å². The Labute approximate surface area is 113 Å². The van der Waals surface area contributed by atoms with Crippen molar-refractivity contribution in [1.29, 1.82) is 0 Å². The van der Waals surface area contributed by atoms with Crippen molar-refractivity contribution in [3.8, 4) is 0 Å². The highest BCUT2D eigenvalue weighted by atomic mass is 16.5. The number of nitrogens with one attached hydrogen (secondary N) is 1. The van der Waals surface area contributed by atoms with Gasteiger partial charge in [0.1, 0.15) is 0 Å². The third kappa shape index (κ3) is 4.55. The molecule has 2 fully saturated rings. The quantitative estimate of drug-likeness (QED) is 0.805. The van der Waals surface area contributed by atoms with Crippen molar-refractivity contribution < 1.29 is 4.74 Å². The zero-order valence-corrected chi connectivity index (χ0v) is 12.3. The van der Waals surface area contributed by atoms with Gasteiger partial charge in [-0.25, -0.2) is 0 Å². The molecule has 0 amide bonds. The minimum atomic E-state index is 0.535. The summed E-state index contributed by atoms with van der Waals surface area (Å²) < 4.78 is 6.09. The van der Waals surface area contributed by atoms with Crippen LogP contribution in [-0.2, 0) is 4.74 Å². The molecule has 106 valence electrons. The molecule has 1 saturated carbocycles. The van der Waals surface area contributed by atoms with Crippen molar-refractivity contribution >= 4 is 0 Å². The van der Waals surface area contributed by atoms with E-state index in [1.807, 2.05) is 0 Å². The molecular formula is C16H31NO. The third-order valence-electron chi connectivity index (χ3n) is 4.66. The van der Waals surface area contributed by atoms with Gasteiger partial charge in [0.05, 0.1) is 6.10 Å². The molecule has 1 saturated heterocycles. The van der Waals surface area contributed by atoms with Gasteiger partial charge < -0.3 is 10.1 Å². The average Bonchev–Trinajstić information content (AvgIpc) is 2.39. The van der Waals surface area contributed by atoms with Crippen LogP contribution in [0.3, 0.4) is 0 Å². The summed E-state index contributed by atoms with van der Waals surface area (Å²) in [7, 11) is 0. The Kier molecular flexibility index (Phi) is 5.97. The molecule has 0 bridgehead atoms. The lowest BCUT2D eigenvalue weighted by molar-refractivity contribution is -0.0415. The maximum absolute atomic E-state index is 6.09. The molecule has 0 aromatic rings. The molecule has 2 rings (SSSR count). The van der Waals surface area contributed by atoms with Gasteiger partial charge in [-0.1, -0.05) is 46.0 Å². The van der Waals surface area contributed by atoms with E-state index in [9.17, 15) is 0 Å². The molecule has 0 radical (unpaired) electrons. The van der Waals surface area contributed by atoms with E-state index in [0.29, 0.717) is 12.1 Å². The molecule has 2 unspecified atom stereocenters. The molecule has 2 atom stereocenters. The van der Waals surface area contributed by atoms with Crippen LogP contribution in [0.25, 0.3) is 0 Å². The first-order chi connectivity index (χ1) is 8.75. The maximum Gasteiger partial charge on any atom is 0.0618 e. The van der Waals surface area contributed by atoms with E-state index in [1.54, 1.807) is 0 Å². The summed E-state index contributed by atoms with van der Waals surface area (Å²) in [6.07, 6.45) is 11.7. The normalized spacial score (nSPS) is 30.8. The highest BCUT2D eigenvalue weighted by Crippen LogP contribution is 2.32. The van der Waals surface area contributed by atoms with E-state index in [0.717, 1.165) is 25.0 Å². The van der Waals surface area contributed by atoms with E-state index < -0.39 is 0 Å². The van der Waals surface area contributed by atoms with Crippen LogP contribution < -0.4 is 5.32 Å². The summed E-state index contributed by atoms with van der Waals surface area (Å²) in [6.45, 7) is 6.62. The largest absolute Gasteiger partial charge is 0.378 e. The van der Waals surface area contributed by atoms with Crippen LogP contribution in [0.5, 0.6) is 0 Å². The van der Waals surface area contributed by atoms with Crippen LogP contribution in [0.4, 0.5) is 0 Å². The van der Waals surface area contributed by atoms with Crippen molar-refractivity contribution in [3.63, 3.8) is 0 Å². The van der Waals surface area contributed by atoms with Crippen LogP contribution in [0.1, 0.15) is 65.2 Å². The lowest BCUT2D eigenvalue weighted by atomic mass is 9.81. The van der Waals surface area contributed by atoms with Crippen molar-refractivity contribution in [1.82, 2.24) is 5.32 Å². The van der Waals surface area contributed by atoms with Gasteiger partial charge in [0, 0.05) is 19.2 Å². The second kappa shape index (κ2) is 7.49. The Morgan fingerprint density at radius 1 is 1.06 bits per heavy atom. The van der Waals surface area contributed by atoms with Crippen molar-refractivity contribution in [2.24, 2.45) is 11.8 Å². The molecule has 1 aliphatic carbocycles. The van der Waals surface area contributed by atoms with E-state index >= 15 is 0 Å². The zero-order chi connectivity index (χ0) is 12.8. The van der Waals surface area contributed by atoms with Crippen LogP contribution >= 0.6 is 0 Å². The van der Waals surface area contributed by atoms with E-state index in [2.05, 4.69) is 19.2 Å². The van der Waals surface area contributed by atoms with Crippen molar-refractivity contribution in [3.05, 3.63) is 0 Å². The Morgan fingerprint density at radius 2 is 1.83 bits per heavy atom. The molecule has 2 heteroatoms. The number of ether oxygens (including phenoxy) is 1. The Bertz CT molecular complexity index is 223. The summed E-state index contributed by atoms with van der Waals surface area (Å²) in [5.74, 6) is 1.70. The van der Waals surface area contributed by atoms with E-state index in [-0.39, 0.29) is 0 Å². The summed E-state index contributed by atoms with van der Waals surface area (Å²) >= 11 is 0. The maximum atomic E-state index is 6.09. The number of hydrogen-bond acceptors (Lipinski definition) is 2. The van der Waals surface area contributed by atoms with Crippen LogP contribution in [0, 0.1) is 11.8 Å². The fraction of sp³-hybridized carbons (Fsp3) is 1.00. The molecule has 18 heavy (non-hydrogen) atoms. The Morgan fingerprint density at radius 3 is 2.56 bits per heavy atom. The van der Waals surface area contributed by atoms with Gasteiger partial charge in [-0.05, 0) is 31.1 Å². The smallest absolute Gasteiger partial charge is 0.0618 e. The predicted octanol–water partition coefficient (Wildman–Crippen LogP) is 3.75. The van der Waals surface area contributed by atoms with Gasteiger partial charge in [-0.15, -0.1) is 0 Å². The van der Waals surface area contributed by atoms with Gasteiger partial charge in [0.15, 0.2) is 0 Å². The standard InChI is InChI=1S/C16H31NO/c1-13(2)17-12-15-9-6-10-18-16(15)11-14-7-4-3-5-8-14/h13-17H,3-12H2,1-2H3. The molecule has 0 spiro atoms. The summed E-state index contributed by atoms with van der Waals surface area (Å²) in [5.41, 5.74) is 0. The monoisotopic (exact) mass is 253 g/mol. The fourth-order valence-corrected chi connectivity index (χ4v) is 3.53. The van der Waals surface area contributed by atoms with Crippen molar-refractivity contribution in [2.45, 2.75) is 77.4 Å². The first-order valence-electron chi connectivity index (χ1n) is 8.10. The second-order valence-corrected chi connectivity index (χ2v) is 6.61. The van der Waals surface area contributed by atoms with Gasteiger partial charge in [-0.2, -0.15) is 0 Å². The molecule has 0 aromatic heterocycles. The second-order valence-electron chi connectivity index (χ2n) is 6.61. The fourth-order valence-electron chi connectivity index (χ4n) is 3.53. The summed E-state index contributed by atoms with van der Waals surface area (Å²) in [5, 5.41) is 3.60. The van der Waals surface area contributed by atoms with Gasteiger partial charge in [0.2, 0.25) is 0 Å².